The number of nitrogens with zero attached hydrogens (tertiary/aromatic N) is 2. The van der Waals surface area contributed by atoms with Crippen LogP contribution in [0.4, 0.5) is 11.4 Å². The summed E-state index contributed by atoms with van der Waals surface area (Å²) >= 11 is 0. The van der Waals surface area contributed by atoms with Crippen LogP contribution in [0.15, 0.2) is 18.7 Å². The maximum absolute atomic E-state index is 10.5. The van der Waals surface area contributed by atoms with Crippen molar-refractivity contribution in [2.75, 3.05) is 0 Å². The molecule has 7 heteroatoms. The lowest BCUT2D eigenvalue weighted by Gasteiger charge is -2.00. The van der Waals surface area contributed by atoms with Gasteiger partial charge >= 0.3 is 5.69 Å². The second-order valence-corrected chi connectivity index (χ2v) is 2.62. The fourth-order valence-electron chi connectivity index (χ4n) is 1.03. The van der Waals surface area contributed by atoms with Crippen LogP contribution in [0.2, 0.25) is 0 Å². The van der Waals surface area contributed by atoms with Crippen LogP contribution in [0.25, 0.3) is 6.08 Å². The number of nitro groups is 2. The Morgan fingerprint density at radius 3 is 2.27 bits per heavy atom. The van der Waals surface area contributed by atoms with E-state index in [9.17, 15) is 25.3 Å². The molecule has 1 aromatic rings. The Kier molecular flexibility index (Phi) is 2.65. The van der Waals surface area contributed by atoms with E-state index >= 15 is 0 Å². The summed E-state index contributed by atoms with van der Waals surface area (Å²) in [7, 11) is 0. The first-order valence-corrected chi connectivity index (χ1v) is 3.75. The molecule has 0 heterocycles. The molecular weight excluding hydrogens is 204 g/mol. The summed E-state index contributed by atoms with van der Waals surface area (Å²) in [5.74, 6) is -0.624. The van der Waals surface area contributed by atoms with Gasteiger partial charge in [-0.1, -0.05) is 12.7 Å². The van der Waals surface area contributed by atoms with Crippen molar-refractivity contribution in [2.24, 2.45) is 0 Å². The van der Waals surface area contributed by atoms with E-state index in [1.54, 1.807) is 0 Å². The lowest BCUT2D eigenvalue weighted by molar-refractivity contribution is -0.394. The number of phenolic OH excluding ortho intramolecular Hbond substituents is 1. The summed E-state index contributed by atoms with van der Waals surface area (Å²) in [6, 6.07) is 1.71. The third-order valence-electron chi connectivity index (χ3n) is 1.73. The third-order valence-corrected chi connectivity index (χ3v) is 1.73. The maximum Gasteiger partial charge on any atom is 0.318 e. The highest BCUT2D eigenvalue weighted by molar-refractivity contribution is 5.67. The Morgan fingerprint density at radius 1 is 1.27 bits per heavy atom. The minimum absolute atomic E-state index is 0.0455. The molecule has 1 N–H and O–H groups in total. The third kappa shape index (κ3) is 1.90. The number of hydrogen-bond acceptors (Lipinski definition) is 5. The lowest BCUT2D eigenvalue weighted by Crippen LogP contribution is -1.94. The van der Waals surface area contributed by atoms with E-state index in [-0.39, 0.29) is 5.56 Å². The minimum Gasteiger partial charge on any atom is -0.502 e. The average molecular weight is 210 g/mol. The summed E-state index contributed by atoms with van der Waals surface area (Å²) in [4.78, 5) is 19.2. The standard InChI is InChI=1S/C8H6N2O5/c1-2-5-3-6(9(12)13)4-7(8(5)11)10(14)15/h2-4,11H,1H2. The van der Waals surface area contributed by atoms with Gasteiger partial charge in [-0.2, -0.15) is 0 Å². The zero-order valence-electron chi connectivity index (χ0n) is 7.41. The highest BCUT2D eigenvalue weighted by Gasteiger charge is 2.22. The number of benzene rings is 1. The van der Waals surface area contributed by atoms with Crippen molar-refractivity contribution in [2.45, 2.75) is 0 Å². The molecule has 0 aliphatic heterocycles. The Morgan fingerprint density at radius 2 is 1.87 bits per heavy atom. The molecule has 0 saturated heterocycles. The topological polar surface area (TPSA) is 107 Å². The van der Waals surface area contributed by atoms with Crippen LogP contribution in [0.3, 0.4) is 0 Å². The van der Waals surface area contributed by atoms with Gasteiger partial charge in [-0.3, -0.25) is 20.2 Å². The fourth-order valence-corrected chi connectivity index (χ4v) is 1.03. The molecule has 1 aromatic carbocycles. The maximum atomic E-state index is 10.5. The van der Waals surface area contributed by atoms with Gasteiger partial charge in [0, 0.05) is 11.6 Å². The summed E-state index contributed by atoms with van der Waals surface area (Å²) in [5.41, 5.74) is -1.22. The van der Waals surface area contributed by atoms with E-state index in [2.05, 4.69) is 6.58 Å². The number of phenols is 1. The van der Waals surface area contributed by atoms with Crippen molar-refractivity contribution in [3.8, 4) is 5.75 Å². The summed E-state index contributed by atoms with van der Waals surface area (Å²) in [6.07, 6.45) is 1.11. The quantitative estimate of drug-likeness (QED) is 0.605. The molecule has 0 saturated carbocycles. The van der Waals surface area contributed by atoms with Crippen molar-refractivity contribution in [1.82, 2.24) is 0 Å². The molecule has 1 rings (SSSR count). The number of rotatable bonds is 3. The van der Waals surface area contributed by atoms with Gasteiger partial charge in [-0.25, -0.2) is 0 Å². The second-order valence-electron chi connectivity index (χ2n) is 2.62. The summed E-state index contributed by atoms with van der Waals surface area (Å²) in [6.45, 7) is 3.29. The molecule has 0 aliphatic carbocycles. The van der Waals surface area contributed by atoms with Crippen LogP contribution in [0.5, 0.6) is 5.75 Å². The number of non-ortho nitro benzene ring substituents is 1. The van der Waals surface area contributed by atoms with Crippen LogP contribution >= 0.6 is 0 Å². The van der Waals surface area contributed by atoms with Crippen LogP contribution in [-0.4, -0.2) is 15.0 Å². The number of hydrogen-bond donors (Lipinski definition) is 1. The van der Waals surface area contributed by atoms with Crippen molar-refractivity contribution < 1.29 is 15.0 Å². The molecule has 0 aromatic heterocycles. The molecule has 15 heavy (non-hydrogen) atoms. The monoisotopic (exact) mass is 210 g/mol. The first kappa shape index (κ1) is 10.6. The predicted octanol–water partition coefficient (Wildman–Crippen LogP) is 1.85. The molecule has 0 unspecified atom stereocenters. The molecule has 0 fully saturated rings. The van der Waals surface area contributed by atoms with Gasteiger partial charge in [0.25, 0.3) is 5.69 Å². The zero-order chi connectivity index (χ0) is 11.6. The zero-order valence-corrected chi connectivity index (χ0v) is 7.41. The SMILES string of the molecule is C=Cc1cc([N+](=O)[O-])cc([N+](=O)[O-])c1O. The van der Waals surface area contributed by atoms with Crippen molar-refractivity contribution >= 4 is 17.5 Å². The minimum atomic E-state index is -0.894. The second kappa shape index (κ2) is 3.74. The van der Waals surface area contributed by atoms with E-state index in [1.807, 2.05) is 0 Å². The van der Waals surface area contributed by atoms with Gasteiger partial charge in [0.1, 0.15) is 0 Å². The van der Waals surface area contributed by atoms with Crippen LogP contribution in [0, 0.1) is 20.2 Å². The molecule has 7 nitrogen and oxygen atoms in total. The Hall–Kier alpha value is -2.44. The van der Waals surface area contributed by atoms with E-state index in [1.165, 1.54) is 0 Å². The van der Waals surface area contributed by atoms with Gasteiger partial charge < -0.3 is 5.11 Å². The fraction of sp³-hybridized carbons (Fsp3) is 0. The number of aromatic hydroxyl groups is 1. The van der Waals surface area contributed by atoms with E-state index in [0.717, 1.165) is 12.1 Å². The molecule has 0 atom stereocenters. The van der Waals surface area contributed by atoms with Gasteiger partial charge in [-0.05, 0) is 0 Å². The predicted molar refractivity (Wildman–Crippen MR) is 51.5 cm³/mol. The Bertz CT molecular complexity index is 455. The molecule has 0 bridgehead atoms. The first-order valence-electron chi connectivity index (χ1n) is 3.75. The van der Waals surface area contributed by atoms with E-state index in [4.69, 9.17) is 0 Å². The van der Waals surface area contributed by atoms with E-state index in [0.29, 0.717) is 6.07 Å². The smallest absolute Gasteiger partial charge is 0.318 e. The van der Waals surface area contributed by atoms with Crippen molar-refractivity contribution in [3.05, 3.63) is 44.5 Å². The molecule has 0 aliphatic rings. The van der Waals surface area contributed by atoms with Gasteiger partial charge in [0.05, 0.1) is 15.9 Å². The van der Waals surface area contributed by atoms with E-state index < -0.39 is 27.0 Å². The lowest BCUT2D eigenvalue weighted by atomic mass is 10.1. The van der Waals surface area contributed by atoms with Crippen molar-refractivity contribution in [3.63, 3.8) is 0 Å². The Labute approximate surface area is 83.6 Å². The average Bonchev–Trinajstić information content (AvgIpc) is 2.17. The van der Waals surface area contributed by atoms with Crippen LogP contribution in [0.1, 0.15) is 5.56 Å². The first-order chi connectivity index (χ1) is 6.97. The highest BCUT2D eigenvalue weighted by atomic mass is 16.6. The number of nitro benzene ring substituents is 2. The Balaban J connectivity index is 3.51. The normalized spacial score (nSPS) is 9.60. The van der Waals surface area contributed by atoms with Gasteiger partial charge in [0.15, 0.2) is 0 Å². The van der Waals surface area contributed by atoms with Gasteiger partial charge in [-0.15, -0.1) is 0 Å². The van der Waals surface area contributed by atoms with Gasteiger partial charge in [0.2, 0.25) is 5.75 Å². The van der Waals surface area contributed by atoms with Crippen molar-refractivity contribution in [1.29, 1.82) is 0 Å². The molecule has 78 valence electrons. The molecular formula is C8H6N2O5. The van der Waals surface area contributed by atoms with Crippen LogP contribution in [-0.2, 0) is 0 Å². The largest absolute Gasteiger partial charge is 0.502 e. The van der Waals surface area contributed by atoms with Crippen LogP contribution < -0.4 is 0 Å². The highest BCUT2D eigenvalue weighted by Crippen LogP contribution is 2.34. The molecule has 0 spiro atoms. The summed E-state index contributed by atoms with van der Waals surface area (Å²) < 4.78 is 0. The molecule has 0 radical (unpaired) electrons. The molecule has 0 amide bonds. The summed E-state index contributed by atoms with van der Waals surface area (Å²) in [5, 5.41) is 30.2.